The lowest BCUT2D eigenvalue weighted by molar-refractivity contribution is 0.183. The number of nitrogens with zero attached hydrogens (tertiary/aromatic N) is 1. The molecule has 2 atom stereocenters. The highest BCUT2D eigenvalue weighted by Gasteiger charge is 2.33. The minimum Gasteiger partial charge on any atom is -0.317 e. The Morgan fingerprint density at radius 3 is 2.75 bits per heavy atom. The summed E-state index contributed by atoms with van der Waals surface area (Å²) in [6.45, 7) is 2.48. The first-order chi connectivity index (χ1) is 9.86. The molecule has 0 saturated heterocycles. The van der Waals surface area contributed by atoms with Crippen LogP contribution in [0, 0.1) is 5.92 Å². The molecule has 3 rings (SSSR count). The highest BCUT2D eigenvalue weighted by molar-refractivity contribution is 7.09. The molecule has 2 saturated carbocycles. The van der Waals surface area contributed by atoms with Crippen LogP contribution in [0.15, 0.2) is 17.5 Å². The van der Waals surface area contributed by atoms with E-state index in [4.69, 9.17) is 0 Å². The van der Waals surface area contributed by atoms with E-state index in [0.29, 0.717) is 0 Å². The molecule has 3 heteroatoms. The van der Waals surface area contributed by atoms with Crippen LogP contribution >= 0.6 is 11.3 Å². The van der Waals surface area contributed by atoms with Gasteiger partial charge in [0.2, 0.25) is 0 Å². The van der Waals surface area contributed by atoms with Crippen molar-refractivity contribution in [3.8, 4) is 0 Å². The van der Waals surface area contributed by atoms with E-state index < -0.39 is 0 Å². The van der Waals surface area contributed by atoms with E-state index in [-0.39, 0.29) is 0 Å². The van der Waals surface area contributed by atoms with Gasteiger partial charge in [-0.3, -0.25) is 4.90 Å². The average molecular weight is 292 g/mol. The van der Waals surface area contributed by atoms with Crippen LogP contribution in [-0.4, -0.2) is 30.6 Å². The van der Waals surface area contributed by atoms with Crippen LogP contribution < -0.4 is 5.32 Å². The fraction of sp³-hybridized carbons (Fsp3) is 0.765. The summed E-state index contributed by atoms with van der Waals surface area (Å²) < 4.78 is 0. The second-order valence-electron chi connectivity index (χ2n) is 6.53. The van der Waals surface area contributed by atoms with Gasteiger partial charge in [-0.1, -0.05) is 25.3 Å². The molecule has 0 bridgehead atoms. The fourth-order valence-electron chi connectivity index (χ4n) is 3.67. The predicted octanol–water partition coefficient (Wildman–Crippen LogP) is 3.88. The highest BCUT2D eigenvalue weighted by Crippen LogP contribution is 2.32. The Balaban J connectivity index is 1.62. The van der Waals surface area contributed by atoms with Gasteiger partial charge in [-0.05, 0) is 50.1 Å². The van der Waals surface area contributed by atoms with Crippen molar-refractivity contribution < 1.29 is 0 Å². The van der Waals surface area contributed by atoms with Crippen molar-refractivity contribution in [2.75, 3.05) is 13.6 Å². The third-order valence-electron chi connectivity index (χ3n) is 5.00. The molecular formula is C17H28N2S. The fourth-order valence-corrected chi connectivity index (χ4v) is 4.40. The molecular weight excluding hydrogens is 264 g/mol. The van der Waals surface area contributed by atoms with Crippen LogP contribution in [0.2, 0.25) is 0 Å². The summed E-state index contributed by atoms with van der Waals surface area (Å²) in [6, 6.07) is 6.09. The summed E-state index contributed by atoms with van der Waals surface area (Å²) in [5, 5.41) is 5.80. The summed E-state index contributed by atoms with van der Waals surface area (Å²) >= 11 is 1.91. The van der Waals surface area contributed by atoms with E-state index in [1.54, 1.807) is 0 Å². The molecule has 1 N–H and O–H groups in total. The van der Waals surface area contributed by atoms with Crippen LogP contribution in [0.25, 0.3) is 0 Å². The first-order valence-corrected chi connectivity index (χ1v) is 9.18. The highest BCUT2D eigenvalue weighted by atomic mass is 32.1. The third-order valence-corrected chi connectivity index (χ3v) is 5.86. The van der Waals surface area contributed by atoms with Gasteiger partial charge >= 0.3 is 0 Å². The average Bonchev–Trinajstić information content (AvgIpc) is 3.22. The normalized spacial score (nSPS) is 27.7. The lowest BCUT2D eigenvalue weighted by atomic mass is 9.94. The van der Waals surface area contributed by atoms with Crippen molar-refractivity contribution in [1.29, 1.82) is 0 Å². The van der Waals surface area contributed by atoms with E-state index in [0.717, 1.165) is 18.0 Å². The van der Waals surface area contributed by atoms with Crippen molar-refractivity contribution >= 4 is 11.3 Å². The predicted molar refractivity (Wildman–Crippen MR) is 87.2 cm³/mol. The van der Waals surface area contributed by atoms with Crippen LogP contribution in [0.5, 0.6) is 0 Å². The van der Waals surface area contributed by atoms with E-state index in [1.165, 1.54) is 62.9 Å². The van der Waals surface area contributed by atoms with E-state index in [2.05, 4.69) is 34.8 Å². The van der Waals surface area contributed by atoms with Gasteiger partial charge in [-0.15, -0.1) is 11.3 Å². The molecule has 2 aliphatic carbocycles. The Morgan fingerprint density at radius 2 is 2.05 bits per heavy atom. The van der Waals surface area contributed by atoms with Crippen molar-refractivity contribution in [3.63, 3.8) is 0 Å². The molecule has 2 nitrogen and oxygen atoms in total. The minimum atomic E-state index is 0.738. The maximum Gasteiger partial charge on any atom is 0.0330 e. The van der Waals surface area contributed by atoms with Crippen molar-refractivity contribution in [2.24, 2.45) is 5.92 Å². The largest absolute Gasteiger partial charge is 0.317 e. The molecule has 2 fully saturated rings. The number of hydrogen-bond donors (Lipinski definition) is 1. The molecule has 20 heavy (non-hydrogen) atoms. The molecule has 0 aliphatic heterocycles. The summed E-state index contributed by atoms with van der Waals surface area (Å²) in [5.41, 5.74) is 0. The summed E-state index contributed by atoms with van der Waals surface area (Å²) in [5.74, 6) is 0.850. The van der Waals surface area contributed by atoms with E-state index >= 15 is 0 Å². The molecule has 1 heterocycles. The van der Waals surface area contributed by atoms with E-state index in [9.17, 15) is 0 Å². The number of rotatable bonds is 6. The molecule has 2 unspecified atom stereocenters. The SMILES string of the molecule is CNC1CCCCCC1CN(Cc1cccs1)C1CC1. The Labute approximate surface area is 127 Å². The van der Waals surface area contributed by atoms with Gasteiger partial charge in [0.15, 0.2) is 0 Å². The molecule has 0 spiro atoms. The second kappa shape index (κ2) is 7.06. The van der Waals surface area contributed by atoms with Gasteiger partial charge in [0, 0.05) is 30.1 Å². The first-order valence-electron chi connectivity index (χ1n) is 8.30. The van der Waals surface area contributed by atoms with Gasteiger partial charge in [-0.25, -0.2) is 0 Å². The maximum absolute atomic E-state index is 3.59. The van der Waals surface area contributed by atoms with Gasteiger partial charge in [0.05, 0.1) is 0 Å². The van der Waals surface area contributed by atoms with Crippen LogP contribution in [-0.2, 0) is 6.54 Å². The summed E-state index contributed by atoms with van der Waals surface area (Å²) in [7, 11) is 2.16. The number of hydrogen-bond acceptors (Lipinski definition) is 3. The smallest absolute Gasteiger partial charge is 0.0330 e. The zero-order valence-corrected chi connectivity index (χ0v) is 13.5. The molecule has 0 aromatic carbocycles. The molecule has 2 aliphatic rings. The van der Waals surface area contributed by atoms with Gasteiger partial charge < -0.3 is 5.32 Å². The Hall–Kier alpha value is -0.380. The summed E-state index contributed by atoms with van der Waals surface area (Å²) in [4.78, 5) is 4.30. The monoisotopic (exact) mass is 292 g/mol. The maximum atomic E-state index is 3.59. The lowest BCUT2D eigenvalue weighted by Gasteiger charge is -2.31. The van der Waals surface area contributed by atoms with Crippen molar-refractivity contribution in [3.05, 3.63) is 22.4 Å². The third kappa shape index (κ3) is 3.84. The van der Waals surface area contributed by atoms with Gasteiger partial charge in [-0.2, -0.15) is 0 Å². The molecule has 0 amide bonds. The lowest BCUT2D eigenvalue weighted by Crippen LogP contribution is -2.41. The zero-order chi connectivity index (χ0) is 13.8. The Morgan fingerprint density at radius 1 is 1.20 bits per heavy atom. The Bertz CT molecular complexity index is 386. The number of thiophene rings is 1. The quantitative estimate of drug-likeness (QED) is 0.800. The molecule has 1 aromatic heterocycles. The second-order valence-corrected chi connectivity index (χ2v) is 7.57. The van der Waals surface area contributed by atoms with Gasteiger partial charge in [0.25, 0.3) is 0 Å². The minimum absolute atomic E-state index is 0.738. The molecule has 0 radical (unpaired) electrons. The summed E-state index contributed by atoms with van der Waals surface area (Å²) in [6.07, 6.45) is 9.90. The first kappa shape index (κ1) is 14.6. The van der Waals surface area contributed by atoms with Crippen molar-refractivity contribution in [2.45, 2.75) is 63.6 Å². The Kier molecular flexibility index (Phi) is 5.14. The molecule has 112 valence electrons. The topological polar surface area (TPSA) is 15.3 Å². The van der Waals surface area contributed by atoms with Crippen molar-refractivity contribution in [1.82, 2.24) is 10.2 Å². The van der Waals surface area contributed by atoms with Crippen LogP contribution in [0.3, 0.4) is 0 Å². The number of nitrogens with one attached hydrogen (secondary N) is 1. The van der Waals surface area contributed by atoms with Gasteiger partial charge in [0.1, 0.15) is 0 Å². The standard InChI is InChI=1S/C17H28N2S/c1-18-17-8-4-2-3-6-14(17)12-19(15-9-10-15)13-16-7-5-11-20-16/h5,7,11,14-15,17-18H,2-4,6,8-10,12-13H2,1H3. The van der Waals surface area contributed by atoms with Crippen LogP contribution in [0.1, 0.15) is 49.8 Å². The van der Waals surface area contributed by atoms with Crippen LogP contribution in [0.4, 0.5) is 0 Å². The zero-order valence-electron chi connectivity index (χ0n) is 12.7. The van der Waals surface area contributed by atoms with E-state index in [1.807, 2.05) is 11.3 Å². The molecule has 1 aromatic rings.